The summed E-state index contributed by atoms with van der Waals surface area (Å²) in [6.45, 7) is 6.05. The highest BCUT2D eigenvalue weighted by atomic mass is 16.6. The van der Waals surface area contributed by atoms with Gasteiger partial charge in [-0.3, -0.25) is 19.4 Å². The molecule has 0 saturated carbocycles. The molecule has 2 aliphatic rings. The molecule has 4 rings (SSSR count). The van der Waals surface area contributed by atoms with Crippen LogP contribution in [-0.4, -0.2) is 53.9 Å². The van der Waals surface area contributed by atoms with E-state index < -0.39 is 18.0 Å². The van der Waals surface area contributed by atoms with E-state index in [0.29, 0.717) is 44.1 Å². The summed E-state index contributed by atoms with van der Waals surface area (Å²) in [6.07, 6.45) is 6.57. The predicted octanol–water partition coefficient (Wildman–Crippen LogP) is 3.44. The van der Waals surface area contributed by atoms with Crippen LogP contribution in [-0.2, 0) is 44.9 Å². The molecule has 2 amide bonds. The van der Waals surface area contributed by atoms with Crippen LogP contribution in [0.1, 0.15) is 49.8 Å². The number of pyridine rings is 1. The van der Waals surface area contributed by atoms with Crippen molar-refractivity contribution in [1.82, 2.24) is 9.88 Å². The standard InChI is InChI=1S/C32H40N4O6/c1-21(2)15-23-7-5-8-24-16-26(34-30(23)24)18-36-13-6-9-25(31(36)39)17-28(37)27(10-3-4-11-29(33)38)35-32(40)42-20-22-12-14-41-19-22/h4-9,11,13,21-22,27H,3,10,12,14-20H2,1-2H3,(H2,33,38)(H,35,40)/b11-4+/t22?,27-/m0/s1. The number of rotatable bonds is 14. The van der Waals surface area contributed by atoms with Gasteiger partial charge < -0.3 is 25.1 Å². The summed E-state index contributed by atoms with van der Waals surface area (Å²) in [5.74, 6) is -0.290. The Balaban J connectivity index is 1.43. The van der Waals surface area contributed by atoms with Gasteiger partial charge in [-0.1, -0.05) is 44.2 Å². The summed E-state index contributed by atoms with van der Waals surface area (Å²) in [4.78, 5) is 55.1. The summed E-state index contributed by atoms with van der Waals surface area (Å²) in [7, 11) is 0. The van der Waals surface area contributed by atoms with Crippen molar-refractivity contribution in [1.29, 1.82) is 0 Å². The Labute approximate surface area is 246 Å². The minimum Gasteiger partial charge on any atom is -0.449 e. The third-order valence-corrected chi connectivity index (χ3v) is 7.37. The number of carbonyl (C=O) groups is 3. The van der Waals surface area contributed by atoms with Crippen LogP contribution in [0.5, 0.6) is 0 Å². The molecule has 10 nitrogen and oxygen atoms in total. The minimum absolute atomic E-state index is 0.130. The summed E-state index contributed by atoms with van der Waals surface area (Å²) >= 11 is 0. The van der Waals surface area contributed by atoms with Crippen molar-refractivity contribution in [2.75, 3.05) is 19.8 Å². The van der Waals surface area contributed by atoms with Gasteiger partial charge in [0, 0.05) is 42.8 Å². The highest BCUT2D eigenvalue weighted by Gasteiger charge is 2.24. The second-order valence-electron chi connectivity index (χ2n) is 11.4. The Hall–Kier alpha value is -4.05. The number of ketones is 1. The number of carbonyl (C=O) groups excluding carboxylic acids is 3. The molecule has 0 aliphatic carbocycles. The average Bonchev–Trinajstić information content (AvgIpc) is 3.61. The van der Waals surface area contributed by atoms with Gasteiger partial charge in [-0.15, -0.1) is 0 Å². The number of aromatic nitrogens is 1. The van der Waals surface area contributed by atoms with Crippen molar-refractivity contribution >= 4 is 29.2 Å². The topological polar surface area (TPSA) is 142 Å². The monoisotopic (exact) mass is 576 g/mol. The van der Waals surface area contributed by atoms with E-state index in [1.165, 1.54) is 11.6 Å². The van der Waals surface area contributed by atoms with Crippen LogP contribution in [0.3, 0.4) is 0 Å². The Bertz CT molecular complexity index is 1400. The number of hydrogen-bond donors (Lipinski definition) is 2. The molecule has 0 bridgehead atoms. The number of amides is 2. The van der Waals surface area contributed by atoms with Gasteiger partial charge in [-0.05, 0) is 54.9 Å². The number of nitrogens with zero attached hydrogens (tertiary/aromatic N) is 2. The van der Waals surface area contributed by atoms with E-state index in [-0.39, 0.29) is 36.7 Å². The quantitative estimate of drug-likeness (QED) is 0.330. The number of nitrogens with one attached hydrogen (secondary N) is 1. The first-order chi connectivity index (χ1) is 20.2. The number of para-hydroxylation sites is 1. The molecule has 2 aliphatic heterocycles. The second kappa shape index (κ2) is 14.7. The fourth-order valence-corrected chi connectivity index (χ4v) is 5.27. The SMILES string of the molecule is CC(C)Cc1cccc2c1N=C(Cn1cccc(CC(=O)[C@H](CC/C=C/C(N)=O)NC(=O)OCC3CCOC3)c1=O)C2. The molecule has 1 saturated heterocycles. The van der Waals surface area contributed by atoms with Crippen molar-refractivity contribution in [3.05, 3.63) is 75.7 Å². The van der Waals surface area contributed by atoms with Crippen LogP contribution in [0, 0.1) is 11.8 Å². The van der Waals surface area contributed by atoms with Crippen LogP contribution >= 0.6 is 0 Å². The molecule has 1 aromatic heterocycles. The van der Waals surface area contributed by atoms with E-state index in [2.05, 4.69) is 37.4 Å². The number of fused-ring (bicyclic) bond motifs is 1. The maximum absolute atomic E-state index is 13.4. The van der Waals surface area contributed by atoms with Crippen LogP contribution in [0.2, 0.25) is 0 Å². The number of ether oxygens (including phenoxy) is 2. The molecule has 1 unspecified atom stereocenters. The lowest BCUT2D eigenvalue weighted by Gasteiger charge is -2.18. The second-order valence-corrected chi connectivity index (χ2v) is 11.4. The van der Waals surface area contributed by atoms with Crippen LogP contribution in [0.4, 0.5) is 10.5 Å². The number of benzene rings is 1. The Morgan fingerprint density at radius 1 is 1.21 bits per heavy atom. The lowest BCUT2D eigenvalue weighted by Crippen LogP contribution is -2.43. The molecular weight excluding hydrogens is 536 g/mol. The molecule has 3 N–H and O–H groups in total. The van der Waals surface area contributed by atoms with Gasteiger partial charge in [0.05, 0.1) is 31.5 Å². The van der Waals surface area contributed by atoms with Gasteiger partial charge in [-0.25, -0.2) is 4.79 Å². The van der Waals surface area contributed by atoms with Crippen molar-refractivity contribution in [2.24, 2.45) is 22.6 Å². The third kappa shape index (κ3) is 8.72. The van der Waals surface area contributed by atoms with E-state index in [9.17, 15) is 19.2 Å². The predicted molar refractivity (Wildman–Crippen MR) is 160 cm³/mol. The molecule has 2 atom stereocenters. The molecule has 3 heterocycles. The van der Waals surface area contributed by atoms with E-state index in [0.717, 1.165) is 29.8 Å². The van der Waals surface area contributed by atoms with E-state index >= 15 is 0 Å². The molecule has 42 heavy (non-hydrogen) atoms. The molecule has 224 valence electrons. The van der Waals surface area contributed by atoms with Crippen molar-refractivity contribution in [3.8, 4) is 0 Å². The maximum atomic E-state index is 13.4. The van der Waals surface area contributed by atoms with Crippen molar-refractivity contribution < 1.29 is 23.9 Å². The van der Waals surface area contributed by atoms with Gasteiger partial charge in [-0.2, -0.15) is 0 Å². The third-order valence-electron chi connectivity index (χ3n) is 7.37. The van der Waals surface area contributed by atoms with Crippen molar-refractivity contribution in [3.63, 3.8) is 0 Å². The Morgan fingerprint density at radius 3 is 2.76 bits per heavy atom. The van der Waals surface area contributed by atoms with Gasteiger partial charge in [0.15, 0.2) is 5.78 Å². The number of hydrogen-bond acceptors (Lipinski definition) is 7. The zero-order valence-corrected chi connectivity index (χ0v) is 24.3. The number of primary amides is 1. The van der Waals surface area contributed by atoms with E-state index in [1.807, 2.05) is 0 Å². The Morgan fingerprint density at radius 2 is 2.02 bits per heavy atom. The zero-order valence-electron chi connectivity index (χ0n) is 24.3. The molecule has 0 spiro atoms. The van der Waals surface area contributed by atoms with Gasteiger partial charge >= 0.3 is 6.09 Å². The van der Waals surface area contributed by atoms with Crippen LogP contribution in [0.25, 0.3) is 0 Å². The fourth-order valence-electron chi connectivity index (χ4n) is 5.27. The highest BCUT2D eigenvalue weighted by Crippen LogP contribution is 2.32. The molecule has 10 heteroatoms. The lowest BCUT2D eigenvalue weighted by atomic mass is 9.98. The number of nitrogens with two attached hydrogens (primary N) is 1. The Kier molecular flexibility index (Phi) is 10.8. The molecule has 1 fully saturated rings. The number of aliphatic imine (C=N–C) groups is 1. The average molecular weight is 577 g/mol. The molecule has 0 radical (unpaired) electrons. The molecule has 2 aromatic rings. The van der Waals surface area contributed by atoms with E-state index in [1.54, 1.807) is 29.0 Å². The summed E-state index contributed by atoms with van der Waals surface area (Å²) in [5, 5.41) is 2.64. The fraction of sp³-hybridized carbons (Fsp3) is 0.469. The first-order valence-corrected chi connectivity index (χ1v) is 14.5. The number of allylic oxidation sites excluding steroid dienone is 1. The summed E-state index contributed by atoms with van der Waals surface area (Å²) in [5.41, 5.74) is 9.48. The van der Waals surface area contributed by atoms with Crippen LogP contribution < -0.4 is 16.6 Å². The first kappa shape index (κ1) is 30.9. The lowest BCUT2D eigenvalue weighted by molar-refractivity contribution is -0.120. The van der Waals surface area contributed by atoms with Crippen molar-refractivity contribution in [2.45, 2.75) is 65.0 Å². The molecular formula is C32H40N4O6. The van der Waals surface area contributed by atoms with Gasteiger partial charge in [0.2, 0.25) is 5.91 Å². The largest absolute Gasteiger partial charge is 0.449 e. The first-order valence-electron chi connectivity index (χ1n) is 14.5. The van der Waals surface area contributed by atoms with Crippen LogP contribution in [0.15, 0.2) is 58.5 Å². The maximum Gasteiger partial charge on any atom is 0.407 e. The normalized spacial score (nSPS) is 16.8. The van der Waals surface area contributed by atoms with Gasteiger partial charge in [0.25, 0.3) is 5.56 Å². The highest BCUT2D eigenvalue weighted by molar-refractivity contribution is 5.94. The smallest absolute Gasteiger partial charge is 0.407 e. The summed E-state index contributed by atoms with van der Waals surface area (Å²) < 4.78 is 12.2. The zero-order chi connectivity index (χ0) is 30.1. The minimum atomic E-state index is -0.906. The number of alkyl carbamates (subject to hydrolysis) is 1. The summed E-state index contributed by atoms with van der Waals surface area (Å²) in [6, 6.07) is 8.71. The van der Waals surface area contributed by atoms with Gasteiger partial charge in [0.1, 0.15) is 0 Å². The van der Waals surface area contributed by atoms with E-state index in [4.69, 9.17) is 20.2 Å². The number of Topliss-reactive ketones (excluding diaryl/α,β-unsaturated/α-hetero) is 1. The molecule has 1 aromatic carbocycles.